The van der Waals surface area contributed by atoms with Crippen molar-refractivity contribution in [3.8, 4) is 0 Å². The smallest absolute Gasteiger partial charge is 0.290 e. The van der Waals surface area contributed by atoms with Gasteiger partial charge < -0.3 is 14.8 Å². The Bertz CT molecular complexity index is 928. The van der Waals surface area contributed by atoms with Gasteiger partial charge in [0.15, 0.2) is 5.82 Å². The highest BCUT2D eigenvalue weighted by molar-refractivity contribution is 5.85. The Labute approximate surface area is 146 Å². The zero-order valence-corrected chi connectivity index (χ0v) is 14.4. The Morgan fingerprint density at radius 1 is 1.12 bits per heavy atom. The number of aromatic amines is 1. The molecule has 1 aromatic heterocycles. The lowest BCUT2D eigenvalue weighted by Gasteiger charge is -2.38. The number of nitrogens with one attached hydrogen (secondary N) is 1. The van der Waals surface area contributed by atoms with Gasteiger partial charge in [0.1, 0.15) is 0 Å². The fourth-order valence-electron chi connectivity index (χ4n) is 3.65. The number of rotatable bonds is 3. The maximum atomic E-state index is 11.9. The minimum atomic E-state index is -0.123. The summed E-state index contributed by atoms with van der Waals surface area (Å²) in [6.07, 6.45) is 5.23. The van der Waals surface area contributed by atoms with Crippen molar-refractivity contribution >= 4 is 22.3 Å². The molecule has 0 aliphatic carbocycles. The van der Waals surface area contributed by atoms with E-state index in [-0.39, 0.29) is 5.56 Å². The lowest BCUT2D eigenvalue weighted by Crippen LogP contribution is -2.45. The quantitative estimate of drug-likeness (QED) is 0.800. The summed E-state index contributed by atoms with van der Waals surface area (Å²) in [5, 5.41) is 2.55. The Morgan fingerprint density at radius 3 is 2.64 bits per heavy atom. The lowest BCUT2D eigenvalue weighted by atomic mass is 10.0. The molecule has 0 saturated carbocycles. The van der Waals surface area contributed by atoms with E-state index >= 15 is 0 Å². The highest BCUT2D eigenvalue weighted by atomic mass is 16.1. The Kier molecular flexibility index (Phi) is 4.14. The summed E-state index contributed by atoms with van der Waals surface area (Å²) in [6.45, 7) is 1.97. The second-order valence-corrected chi connectivity index (χ2v) is 6.60. The molecule has 0 amide bonds. The largest absolute Gasteiger partial charge is 0.371 e. The molecule has 2 heterocycles. The molecule has 0 bridgehead atoms. The molecule has 5 heteroatoms. The number of benzene rings is 2. The molecule has 0 atom stereocenters. The van der Waals surface area contributed by atoms with Crippen LogP contribution in [0.2, 0.25) is 0 Å². The van der Waals surface area contributed by atoms with Crippen LogP contribution in [-0.2, 0) is 0 Å². The molecular weight excluding hydrogens is 312 g/mol. The van der Waals surface area contributed by atoms with Gasteiger partial charge in [-0.05, 0) is 35.7 Å². The predicted octanol–water partition coefficient (Wildman–Crippen LogP) is 3.03. The minimum Gasteiger partial charge on any atom is -0.371 e. The van der Waals surface area contributed by atoms with Crippen LogP contribution in [0.25, 0.3) is 10.8 Å². The highest BCUT2D eigenvalue weighted by Crippen LogP contribution is 2.26. The van der Waals surface area contributed by atoms with Gasteiger partial charge in [-0.25, -0.2) is 4.98 Å². The van der Waals surface area contributed by atoms with Crippen molar-refractivity contribution in [2.75, 3.05) is 29.9 Å². The first-order valence-electron chi connectivity index (χ1n) is 8.72. The number of nitrogens with zero attached hydrogens (tertiary/aromatic N) is 3. The van der Waals surface area contributed by atoms with Crippen LogP contribution in [0, 0.1) is 0 Å². The molecular formula is C20H22N4O. The molecule has 1 fully saturated rings. The predicted molar refractivity (Wildman–Crippen MR) is 102 cm³/mol. The molecule has 2 aromatic carbocycles. The SMILES string of the molecule is CN(c1ncc[nH]c1=O)C1CCN(c2ccc3ccccc3c2)CC1. The second-order valence-electron chi connectivity index (χ2n) is 6.60. The molecule has 0 unspecified atom stereocenters. The molecule has 1 aliphatic heterocycles. The minimum absolute atomic E-state index is 0.123. The first-order valence-corrected chi connectivity index (χ1v) is 8.72. The van der Waals surface area contributed by atoms with Crippen molar-refractivity contribution in [3.05, 3.63) is 65.2 Å². The van der Waals surface area contributed by atoms with Gasteiger partial charge in [-0.3, -0.25) is 4.79 Å². The van der Waals surface area contributed by atoms with Gasteiger partial charge in [-0.15, -0.1) is 0 Å². The van der Waals surface area contributed by atoms with E-state index in [2.05, 4.69) is 57.3 Å². The van der Waals surface area contributed by atoms with Crippen LogP contribution in [0.1, 0.15) is 12.8 Å². The Morgan fingerprint density at radius 2 is 1.88 bits per heavy atom. The summed E-state index contributed by atoms with van der Waals surface area (Å²) in [5.41, 5.74) is 1.15. The Hall–Kier alpha value is -2.82. The summed E-state index contributed by atoms with van der Waals surface area (Å²) in [6, 6.07) is 15.5. The topological polar surface area (TPSA) is 52.2 Å². The molecule has 0 radical (unpaired) electrons. The first kappa shape index (κ1) is 15.7. The number of hydrogen-bond donors (Lipinski definition) is 1. The summed E-state index contributed by atoms with van der Waals surface area (Å²) < 4.78 is 0. The van der Waals surface area contributed by atoms with Crippen molar-refractivity contribution in [3.63, 3.8) is 0 Å². The van der Waals surface area contributed by atoms with Gasteiger partial charge in [-0.1, -0.05) is 30.3 Å². The van der Waals surface area contributed by atoms with E-state index in [4.69, 9.17) is 0 Å². The third kappa shape index (κ3) is 3.09. The van der Waals surface area contributed by atoms with Crippen LogP contribution in [0.4, 0.5) is 11.5 Å². The van der Waals surface area contributed by atoms with Crippen molar-refractivity contribution in [1.29, 1.82) is 0 Å². The van der Waals surface area contributed by atoms with Crippen molar-refractivity contribution in [1.82, 2.24) is 9.97 Å². The third-order valence-electron chi connectivity index (χ3n) is 5.13. The maximum absolute atomic E-state index is 11.9. The number of fused-ring (bicyclic) bond motifs is 1. The van der Waals surface area contributed by atoms with E-state index in [1.54, 1.807) is 12.4 Å². The second kappa shape index (κ2) is 6.59. The van der Waals surface area contributed by atoms with Crippen LogP contribution in [0.5, 0.6) is 0 Å². The summed E-state index contributed by atoms with van der Waals surface area (Å²) >= 11 is 0. The first-order chi connectivity index (χ1) is 12.2. The van der Waals surface area contributed by atoms with E-state index < -0.39 is 0 Å². The highest BCUT2D eigenvalue weighted by Gasteiger charge is 2.24. The van der Waals surface area contributed by atoms with Crippen LogP contribution in [0.15, 0.2) is 59.7 Å². The van der Waals surface area contributed by atoms with Gasteiger partial charge in [0.2, 0.25) is 0 Å². The average Bonchev–Trinajstić information content (AvgIpc) is 2.67. The molecule has 25 heavy (non-hydrogen) atoms. The van der Waals surface area contributed by atoms with E-state index in [9.17, 15) is 4.79 Å². The average molecular weight is 334 g/mol. The zero-order valence-electron chi connectivity index (χ0n) is 14.4. The number of piperidine rings is 1. The van der Waals surface area contributed by atoms with E-state index in [1.165, 1.54) is 16.5 Å². The van der Waals surface area contributed by atoms with Crippen molar-refractivity contribution in [2.24, 2.45) is 0 Å². The standard InChI is InChI=1S/C20H22N4O/c1-23(19-20(25)22-11-10-21-19)17-8-12-24(13-9-17)18-7-6-15-4-2-3-5-16(15)14-18/h2-7,10-11,14,17H,8-9,12-13H2,1H3,(H,22,25). The third-order valence-corrected chi connectivity index (χ3v) is 5.13. The number of aromatic nitrogens is 2. The fraction of sp³-hybridized carbons (Fsp3) is 0.300. The van der Waals surface area contributed by atoms with Crippen LogP contribution >= 0.6 is 0 Å². The molecule has 1 aliphatic rings. The summed E-state index contributed by atoms with van der Waals surface area (Å²) in [7, 11) is 1.97. The Balaban J connectivity index is 1.47. The van der Waals surface area contributed by atoms with Crippen molar-refractivity contribution in [2.45, 2.75) is 18.9 Å². The van der Waals surface area contributed by atoms with Gasteiger partial charge in [-0.2, -0.15) is 0 Å². The monoisotopic (exact) mass is 334 g/mol. The van der Waals surface area contributed by atoms with Crippen LogP contribution in [-0.4, -0.2) is 36.1 Å². The van der Waals surface area contributed by atoms with Crippen LogP contribution in [0.3, 0.4) is 0 Å². The molecule has 3 aromatic rings. The molecule has 1 N–H and O–H groups in total. The lowest BCUT2D eigenvalue weighted by molar-refractivity contribution is 0.479. The molecule has 0 spiro atoms. The fourth-order valence-corrected chi connectivity index (χ4v) is 3.65. The molecule has 4 rings (SSSR count). The van der Waals surface area contributed by atoms with Gasteiger partial charge >= 0.3 is 0 Å². The molecule has 128 valence electrons. The number of H-pyrrole nitrogens is 1. The summed E-state index contributed by atoms with van der Waals surface area (Å²) in [4.78, 5) is 23.3. The molecule has 5 nitrogen and oxygen atoms in total. The van der Waals surface area contributed by atoms with Crippen LogP contribution < -0.4 is 15.4 Å². The van der Waals surface area contributed by atoms with E-state index in [1.807, 2.05) is 11.9 Å². The van der Waals surface area contributed by atoms with Crippen molar-refractivity contribution < 1.29 is 0 Å². The number of anilines is 2. The normalized spacial score (nSPS) is 15.5. The van der Waals surface area contributed by atoms with Gasteiger partial charge in [0.05, 0.1) is 0 Å². The van der Waals surface area contributed by atoms with E-state index in [0.717, 1.165) is 25.9 Å². The van der Waals surface area contributed by atoms with Gasteiger partial charge in [0, 0.05) is 44.3 Å². The van der Waals surface area contributed by atoms with E-state index in [0.29, 0.717) is 11.9 Å². The number of hydrogen-bond acceptors (Lipinski definition) is 4. The maximum Gasteiger partial charge on any atom is 0.290 e. The summed E-state index contributed by atoms with van der Waals surface area (Å²) in [5.74, 6) is 0.506. The zero-order chi connectivity index (χ0) is 17.2. The van der Waals surface area contributed by atoms with Gasteiger partial charge in [0.25, 0.3) is 5.56 Å². The molecule has 1 saturated heterocycles.